The highest BCUT2D eigenvalue weighted by molar-refractivity contribution is 8.26. The maximum Gasteiger partial charge on any atom is 0.323 e. The van der Waals surface area contributed by atoms with E-state index in [4.69, 9.17) is 22.4 Å². The van der Waals surface area contributed by atoms with E-state index in [0.717, 1.165) is 21.6 Å². The van der Waals surface area contributed by atoms with Crippen molar-refractivity contribution >= 4 is 63.3 Å². The lowest BCUT2D eigenvalue weighted by molar-refractivity contribution is -0.137. The zero-order valence-corrected chi connectivity index (χ0v) is 14.8. The van der Waals surface area contributed by atoms with Crippen molar-refractivity contribution in [2.45, 2.75) is 6.42 Å². The number of para-hydroxylation sites is 1. The third-order valence-electron chi connectivity index (χ3n) is 3.84. The summed E-state index contributed by atoms with van der Waals surface area (Å²) < 4.78 is 0.167. The van der Waals surface area contributed by atoms with Crippen molar-refractivity contribution in [1.29, 1.82) is 0 Å². The predicted molar refractivity (Wildman–Crippen MR) is 97.5 cm³/mol. The number of benzene rings is 1. The second-order valence-corrected chi connectivity index (χ2v) is 7.12. The Bertz CT molecular complexity index is 894. The van der Waals surface area contributed by atoms with Gasteiger partial charge in [0.1, 0.15) is 10.9 Å². The molecule has 0 radical (unpaired) electrons. The molecule has 8 nitrogen and oxygen atoms in total. The zero-order valence-electron chi connectivity index (χ0n) is 13.2. The lowest BCUT2D eigenvalue weighted by Crippen LogP contribution is -2.33. The molecule has 1 saturated heterocycles. The summed E-state index contributed by atoms with van der Waals surface area (Å²) in [5.74, 6) is -3.38. The molecule has 0 aromatic heterocycles. The molecule has 3 rings (SSSR count). The summed E-state index contributed by atoms with van der Waals surface area (Å²) in [5, 5.41) is 17.9. The van der Waals surface area contributed by atoms with E-state index in [1.54, 1.807) is 24.3 Å². The third-order valence-corrected chi connectivity index (χ3v) is 5.29. The first kappa shape index (κ1) is 18.1. The lowest BCUT2D eigenvalue weighted by Gasteiger charge is -2.14. The van der Waals surface area contributed by atoms with E-state index in [2.05, 4.69) is 0 Å². The summed E-state index contributed by atoms with van der Waals surface area (Å²) in [4.78, 5) is 49.6. The number of hydrogen-bond donors (Lipinski definition) is 2. The molecule has 0 unspecified atom stereocenters. The van der Waals surface area contributed by atoms with Crippen LogP contribution >= 0.6 is 24.0 Å². The number of thioether (sulfide) groups is 1. The van der Waals surface area contributed by atoms with E-state index < -0.39 is 30.3 Å². The maximum absolute atomic E-state index is 12.8. The molecule has 1 aromatic carbocycles. The van der Waals surface area contributed by atoms with Gasteiger partial charge in [-0.15, -0.1) is 0 Å². The summed E-state index contributed by atoms with van der Waals surface area (Å²) >= 11 is 6.06. The average molecular weight is 392 g/mol. The van der Waals surface area contributed by atoms with E-state index in [0.29, 0.717) is 11.3 Å². The first-order chi connectivity index (χ1) is 12.3. The minimum Gasteiger partial charge on any atom is -0.481 e. The minimum atomic E-state index is -1.18. The number of carbonyl (C=O) groups is 4. The van der Waals surface area contributed by atoms with Gasteiger partial charge in [0.25, 0.3) is 11.8 Å². The van der Waals surface area contributed by atoms with Crippen molar-refractivity contribution in [2.24, 2.45) is 0 Å². The topological polar surface area (TPSA) is 115 Å². The Kier molecular flexibility index (Phi) is 4.79. The Labute approximate surface area is 157 Å². The molecule has 2 aliphatic rings. The highest BCUT2D eigenvalue weighted by Crippen LogP contribution is 2.44. The number of carboxylic acid groups (broad SMARTS) is 2. The van der Waals surface area contributed by atoms with Crippen LogP contribution in [0.3, 0.4) is 0 Å². The predicted octanol–water partition coefficient (Wildman–Crippen LogP) is 1.16. The molecule has 0 spiro atoms. The highest BCUT2D eigenvalue weighted by Gasteiger charge is 2.42. The molecule has 134 valence electrons. The Morgan fingerprint density at radius 2 is 1.73 bits per heavy atom. The first-order valence-corrected chi connectivity index (χ1v) is 8.66. The van der Waals surface area contributed by atoms with Crippen LogP contribution < -0.4 is 4.90 Å². The highest BCUT2D eigenvalue weighted by atomic mass is 32.2. The van der Waals surface area contributed by atoms with Crippen LogP contribution in [0.15, 0.2) is 29.2 Å². The van der Waals surface area contributed by atoms with Crippen molar-refractivity contribution in [1.82, 2.24) is 4.90 Å². The van der Waals surface area contributed by atoms with Gasteiger partial charge in [0.2, 0.25) is 0 Å². The van der Waals surface area contributed by atoms with E-state index in [1.165, 1.54) is 0 Å². The first-order valence-electron chi connectivity index (χ1n) is 7.44. The number of thiocarbonyl (C=S) groups is 1. The molecule has 0 saturated carbocycles. The molecular formula is C16H12N2O6S2. The summed E-state index contributed by atoms with van der Waals surface area (Å²) in [6, 6.07) is 6.59. The molecule has 2 N–H and O–H groups in total. The Hall–Kier alpha value is -2.72. The molecule has 0 aliphatic carbocycles. The van der Waals surface area contributed by atoms with Crippen molar-refractivity contribution in [3.63, 3.8) is 0 Å². The number of carboxylic acids is 2. The van der Waals surface area contributed by atoms with Crippen molar-refractivity contribution in [3.05, 3.63) is 34.7 Å². The minimum absolute atomic E-state index is 0.0886. The fourth-order valence-electron chi connectivity index (χ4n) is 2.74. The molecule has 0 bridgehead atoms. The fraction of sp³-hybridized carbons (Fsp3) is 0.188. The Balaban J connectivity index is 2.04. The molecule has 10 heteroatoms. The lowest BCUT2D eigenvalue weighted by atomic mass is 10.1. The van der Waals surface area contributed by atoms with Crippen LogP contribution in [0, 0.1) is 0 Å². The van der Waals surface area contributed by atoms with Gasteiger partial charge < -0.3 is 10.2 Å². The molecule has 0 atom stereocenters. The van der Waals surface area contributed by atoms with Gasteiger partial charge in [-0.1, -0.05) is 42.2 Å². The van der Waals surface area contributed by atoms with Crippen LogP contribution in [0.1, 0.15) is 12.0 Å². The quantitative estimate of drug-likeness (QED) is 0.567. The summed E-state index contributed by atoms with van der Waals surface area (Å²) in [6.07, 6.45) is -0.273. The largest absolute Gasteiger partial charge is 0.481 e. The SMILES string of the molecule is O=C(O)CCN1C(=O)/C(=C2\C(=O)N(CC(=O)O)c3ccccc32)SC1=S. The van der Waals surface area contributed by atoms with Gasteiger partial charge in [0.05, 0.1) is 22.6 Å². The van der Waals surface area contributed by atoms with Crippen LogP contribution in [-0.4, -0.2) is 56.3 Å². The second kappa shape index (κ2) is 6.89. The maximum atomic E-state index is 12.8. The number of amides is 2. The van der Waals surface area contributed by atoms with E-state index in [-0.39, 0.29) is 27.8 Å². The Morgan fingerprint density at radius 1 is 1.04 bits per heavy atom. The fourth-order valence-corrected chi connectivity index (χ4v) is 4.12. The summed E-state index contributed by atoms with van der Waals surface area (Å²) in [5.41, 5.74) is 0.959. The van der Waals surface area contributed by atoms with Crippen molar-refractivity contribution in [3.8, 4) is 0 Å². The third kappa shape index (κ3) is 3.08. The van der Waals surface area contributed by atoms with Gasteiger partial charge in [0, 0.05) is 12.1 Å². The monoisotopic (exact) mass is 392 g/mol. The van der Waals surface area contributed by atoms with Gasteiger partial charge in [-0.05, 0) is 6.07 Å². The Morgan fingerprint density at radius 3 is 2.38 bits per heavy atom. The van der Waals surface area contributed by atoms with Crippen molar-refractivity contribution in [2.75, 3.05) is 18.0 Å². The van der Waals surface area contributed by atoms with E-state index >= 15 is 0 Å². The van der Waals surface area contributed by atoms with Crippen LogP contribution in [0.2, 0.25) is 0 Å². The number of fused-ring (bicyclic) bond motifs is 1. The molecule has 2 amide bonds. The number of carbonyl (C=O) groups excluding carboxylic acids is 2. The van der Waals surface area contributed by atoms with Gasteiger partial charge in [0.15, 0.2) is 0 Å². The number of hydrogen-bond acceptors (Lipinski definition) is 6. The zero-order chi connectivity index (χ0) is 19.0. The van der Waals surface area contributed by atoms with Crippen molar-refractivity contribution < 1.29 is 29.4 Å². The summed E-state index contributed by atoms with van der Waals surface area (Å²) in [7, 11) is 0. The average Bonchev–Trinajstić information content (AvgIpc) is 3.00. The van der Waals surface area contributed by atoms with Gasteiger partial charge >= 0.3 is 11.9 Å². The smallest absolute Gasteiger partial charge is 0.323 e. The van der Waals surface area contributed by atoms with Gasteiger partial charge in [-0.2, -0.15) is 0 Å². The molecule has 1 fully saturated rings. The molecule has 26 heavy (non-hydrogen) atoms. The summed E-state index contributed by atoms with van der Waals surface area (Å²) in [6.45, 7) is -0.621. The van der Waals surface area contributed by atoms with E-state index in [9.17, 15) is 19.2 Å². The van der Waals surface area contributed by atoms with Gasteiger partial charge in [-0.25, -0.2) is 0 Å². The van der Waals surface area contributed by atoms with Crippen LogP contribution in [0.25, 0.3) is 5.57 Å². The molecule has 2 heterocycles. The standard InChI is InChI=1S/C16H12N2O6S2/c19-10(20)5-6-17-15(24)13(26-16(17)25)12-8-3-1-2-4-9(8)18(14(12)23)7-11(21)22/h1-4H,5-7H2,(H,19,20)(H,21,22)/b13-12+. The number of nitrogens with zero attached hydrogens (tertiary/aromatic N) is 2. The number of aliphatic carboxylic acids is 2. The number of rotatable bonds is 5. The van der Waals surface area contributed by atoms with Gasteiger partial charge in [-0.3, -0.25) is 29.0 Å². The molecular weight excluding hydrogens is 380 g/mol. The van der Waals surface area contributed by atoms with E-state index in [1.807, 2.05) is 0 Å². The van der Waals surface area contributed by atoms with Crippen LogP contribution in [-0.2, 0) is 19.2 Å². The normalized spacial score (nSPS) is 19.3. The van der Waals surface area contributed by atoms with Crippen LogP contribution in [0.4, 0.5) is 5.69 Å². The number of anilines is 1. The molecule has 2 aliphatic heterocycles. The molecule has 1 aromatic rings. The van der Waals surface area contributed by atoms with Crippen LogP contribution in [0.5, 0.6) is 0 Å². The second-order valence-electron chi connectivity index (χ2n) is 5.47.